The summed E-state index contributed by atoms with van der Waals surface area (Å²) >= 11 is 0. The van der Waals surface area contributed by atoms with Crippen LogP contribution in [0.25, 0.3) is 0 Å². The molecule has 0 atom stereocenters. The van der Waals surface area contributed by atoms with E-state index < -0.39 is 0 Å². The molecule has 1 nitrogen and oxygen atoms in total. The predicted molar refractivity (Wildman–Crippen MR) is 44.7 cm³/mol. The van der Waals surface area contributed by atoms with Gasteiger partial charge in [0.05, 0.1) is 0 Å². The smallest absolute Gasteiger partial charge is 0.130 e. The van der Waals surface area contributed by atoms with Crippen molar-refractivity contribution in [2.24, 2.45) is 0 Å². The summed E-state index contributed by atoms with van der Waals surface area (Å²) in [4.78, 5) is 0. The highest BCUT2D eigenvalue weighted by Crippen LogP contribution is 2.30. The quantitative estimate of drug-likeness (QED) is 0.546. The van der Waals surface area contributed by atoms with Crippen molar-refractivity contribution in [1.82, 2.24) is 0 Å². The number of hydrogen-bond acceptors (Lipinski definition) is 1. The van der Waals surface area contributed by atoms with Gasteiger partial charge in [-0.05, 0) is 13.0 Å². The molecule has 0 aromatic heterocycles. The predicted octanol–water partition coefficient (Wildman–Crippen LogP) is 2.44. The number of rotatable bonds is 0. The van der Waals surface area contributed by atoms with E-state index in [2.05, 4.69) is 25.6 Å². The first-order valence-corrected chi connectivity index (χ1v) is 3.71. The Labute approximate surface area is 66.3 Å². The monoisotopic (exact) mass is 146 g/mol. The van der Waals surface area contributed by atoms with Crippen LogP contribution in [-0.4, -0.2) is 0 Å². The molecule has 1 aliphatic rings. The number of allylic oxidation sites excluding steroid dienone is 1. The Morgan fingerprint density at radius 2 is 2.27 bits per heavy atom. The highest BCUT2D eigenvalue weighted by molar-refractivity contribution is 5.43. The molecule has 1 aromatic carbocycles. The standard InChI is InChI=1S/C10H10O/c1-7-3-4-10-9(5-7)6-8(2)11-10/h3-5H,2,6H2,1H3. The number of aryl methyl sites for hydroxylation is 1. The summed E-state index contributed by atoms with van der Waals surface area (Å²) in [5.74, 6) is 1.83. The van der Waals surface area contributed by atoms with E-state index >= 15 is 0 Å². The van der Waals surface area contributed by atoms with Gasteiger partial charge in [-0.3, -0.25) is 0 Å². The van der Waals surface area contributed by atoms with Crippen molar-refractivity contribution in [3.05, 3.63) is 41.7 Å². The minimum Gasteiger partial charge on any atom is -0.462 e. The lowest BCUT2D eigenvalue weighted by Crippen LogP contribution is -1.81. The third kappa shape index (κ3) is 1.03. The van der Waals surface area contributed by atoms with Crippen molar-refractivity contribution >= 4 is 0 Å². The molecule has 0 spiro atoms. The molecule has 1 heteroatoms. The van der Waals surface area contributed by atoms with Crippen LogP contribution in [0.1, 0.15) is 11.1 Å². The van der Waals surface area contributed by atoms with Gasteiger partial charge in [0.1, 0.15) is 11.5 Å². The van der Waals surface area contributed by atoms with Gasteiger partial charge in [0.15, 0.2) is 0 Å². The first-order valence-electron chi connectivity index (χ1n) is 3.71. The highest BCUT2D eigenvalue weighted by atomic mass is 16.5. The van der Waals surface area contributed by atoms with Gasteiger partial charge in [-0.15, -0.1) is 0 Å². The van der Waals surface area contributed by atoms with E-state index in [4.69, 9.17) is 4.74 Å². The second-order valence-electron chi connectivity index (χ2n) is 2.93. The van der Waals surface area contributed by atoms with Crippen LogP contribution >= 0.6 is 0 Å². The molecule has 0 N–H and O–H groups in total. The van der Waals surface area contributed by atoms with Crippen LogP contribution in [0.2, 0.25) is 0 Å². The van der Waals surface area contributed by atoms with Crippen molar-refractivity contribution < 1.29 is 4.74 Å². The van der Waals surface area contributed by atoms with E-state index in [-0.39, 0.29) is 0 Å². The summed E-state index contributed by atoms with van der Waals surface area (Å²) < 4.78 is 5.37. The fourth-order valence-corrected chi connectivity index (χ4v) is 1.35. The van der Waals surface area contributed by atoms with Gasteiger partial charge in [0, 0.05) is 12.0 Å². The van der Waals surface area contributed by atoms with Gasteiger partial charge in [-0.2, -0.15) is 0 Å². The molecule has 1 aliphatic heterocycles. The Bertz CT molecular complexity index is 313. The topological polar surface area (TPSA) is 9.23 Å². The molecule has 0 radical (unpaired) electrons. The molecule has 0 saturated heterocycles. The second-order valence-corrected chi connectivity index (χ2v) is 2.93. The van der Waals surface area contributed by atoms with Crippen molar-refractivity contribution in [3.63, 3.8) is 0 Å². The van der Waals surface area contributed by atoms with Crippen LogP contribution in [0, 0.1) is 6.92 Å². The van der Waals surface area contributed by atoms with Gasteiger partial charge in [-0.25, -0.2) is 0 Å². The molecule has 0 unspecified atom stereocenters. The first-order chi connectivity index (χ1) is 5.25. The lowest BCUT2D eigenvalue weighted by molar-refractivity contribution is 0.449. The molecule has 0 fully saturated rings. The zero-order valence-corrected chi connectivity index (χ0v) is 6.55. The fourth-order valence-electron chi connectivity index (χ4n) is 1.35. The van der Waals surface area contributed by atoms with Crippen LogP contribution in [0.3, 0.4) is 0 Å². The van der Waals surface area contributed by atoms with Gasteiger partial charge >= 0.3 is 0 Å². The molecule has 56 valence electrons. The van der Waals surface area contributed by atoms with Gasteiger partial charge in [-0.1, -0.05) is 24.3 Å². The maximum atomic E-state index is 5.37. The minimum absolute atomic E-state index is 0.852. The van der Waals surface area contributed by atoms with E-state index in [9.17, 15) is 0 Å². The summed E-state index contributed by atoms with van der Waals surface area (Å²) in [5, 5.41) is 0. The zero-order chi connectivity index (χ0) is 7.84. The Morgan fingerprint density at radius 3 is 3.09 bits per heavy atom. The number of hydrogen-bond donors (Lipinski definition) is 0. The summed E-state index contributed by atoms with van der Waals surface area (Å²) in [6.45, 7) is 5.86. The van der Waals surface area contributed by atoms with Crippen LogP contribution in [-0.2, 0) is 6.42 Å². The van der Waals surface area contributed by atoms with Crippen molar-refractivity contribution in [1.29, 1.82) is 0 Å². The summed E-state index contributed by atoms with van der Waals surface area (Å²) in [7, 11) is 0. The van der Waals surface area contributed by atoms with E-state index in [0.29, 0.717) is 0 Å². The summed E-state index contributed by atoms with van der Waals surface area (Å²) in [6, 6.07) is 6.20. The Morgan fingerprint density at radius 1 is 1.45 bits per heavy atom. The average molecular weight is 146 g/mol. The maximum absolute atomic E-state index is 5.37. The first kappa shape index (κ1) is 6.47. The molecule has 1 heterocycles. The van der Waals surface area contributed by atoms with Crippen molar-refractivity contribution in [2.75, 3.05) is 0 Å². The summed E-state index contributed by atoms with van der Waals surface area (Å²) in [6.07, 6.45) is 0.872. The molecule has 1 aromatic rings. The fraction of sp³-hybridized carbons (Fsp3) is 0.200. The lowest BCUT2D eigenvalue weighted by Gasteiger charge is -1.97. The second kappa shape index (κ2) is 2.12. The van der Waals surface area contributed by atoms with Gasteiger partial charge in [0.25, 0.3) is 0 Å². The lowest BCUT2D eigenvalue weighted by atomic mass is 10.1. The number of benzene rings is 1. The molecule has 11 heavy (non-hydrogen) atoms. The van der Waals surface area contributed by atoms with Gasteiger partial charge in [0.2, 0.25) is 0 Å². The molecule has 2 rings (SSSR count). The van der Waals surface area contributed by atoms with Crippen molar-refractivity contribution in [2.45, 2.75) is 13.3 Å². The molecular weight excluding hydrogens is 136 g/mol. The SMILES string of the molecule is C=C1Cc2cc(C)ccc2O1. The maximum Gasteiger partial charge on any atom is 0.130 e. The normalized spacial score (nSPS) is 14.5. The van der Waals surface area contributed by atoms with Crippen LogP contribution in [0.5, 0.6) is 5.75 Å². The largest absolute Gasteiger partial charge is 0.462 e. The Hall–Kier alpha value is -1.24. The Balaban J connectivity index is 2.51. The molecule has 0 bridgehead atoms. The minimum atomic E-state index is 0.852. The highest BCUT2D eigenvalue weighted by Gasteiger charge is 2.14. The van der Waals surface area contributed by atoms with Crippen LogP contribution < -0.4 is 4.74 Å². The Kier molecular flexibility index (Phi) is 1.25. The van der Waals surface area contributed by atoms with Crippen LogP contribution in [0.15, 0.2) is 30.5 Å². The molecule has 0 amide bonds. The van der Waals surface area contributed by atoms with Gasteiger partial charge < -0.3 is 4.74 Å². The molecule has 0 aliphatic carbocycles. The van der Waals surface area contributed by atoms with E-state index in [1.807, 2.05) is 6.07 Å². The third-order valence-electron chi connectivity index (χ3n) is 1.86. The zero-order valence-electron chi connectivity index (χ0n) is 6.55. The third-order valence-corrected chi connectivity index (χ3v) is 1.86. The summed E-state index contributed by atoms with van der Waals surface area (Å²) in [5.41, 5.74) is 2.54. The average Bonchev–Trinajstić information content (AvgIpc) is 2.27. The van der Waals surface area contributed by atoms with E-state index in [1.165, 1.54) is 11.1 Å². The molecular formula is C10H10O. The van der Waals surface area contributed by atoms with E-state index in [1.54, 1.807) is 0 Å². The van der Waals surface area contributed by atoms with E-state index in [0.717, 1.165) is 17.9 Å². The van der Waals surface area contributed by atoms with Crippen LogP contribution in [0.4, 0.5) is 0 Å². The van der Waals surface area contributed by atoms with Crippen molar-refractivity contribution in [3.8, 4) is 5.75 Å². The number of fused-ring (bicyclic) bond motifs is 1. The molecule has 0 saturated carbocycles. The number of ether oxygens (including phenoxy) is 1.